The summed E-state index contributed by atoms with van der Waals surface area (Å²) in [7, 11) is 0. The summed E-state index contributed by atoms with van der Waals surface area (Å²) >= 11 is 1.25. The lowest BCUT2D eigenvalue weighted by Gasteiger charge is -2.41. The molecule has 6 nitrogen and oxygen atoms in total. The summed E-state index contributed by atoms with van der Waals surface area (Å²) in [5, 5.41) is 11.9. The van der Waals surface area contributed by atoms with E-state index in [0.29, 0.717) is 18.0 Å². The fourth-order valence-electron chi connectivity index (χ4n) is 2.74. The summed E-state index contributed by atoms with van der Waals surface area (Å²) in [6, 6.07) is 0. The molecule has 0 spiro atoms. The van der Waals surface area contributed by atoms with Crippen LogP contribution in [0.2, 0.25) is 0 Å². The van der Waals surface area contributed by atoms with Crippen LogP contribution in [0.5, 0.6) is 0 Å². The third-order valence-electron chi connectivity index (χ3n) is 3.69. The normalized spacial score (nSPS) is 17.8. The number of ether oxygens (including phenoxy) is 1. The summed E-state index contributed by atoms with van der Waals surface area (Å²) in [6.07, 6.45) is 4.29. The number of carboxylic acids is 1. The molecule has 0 saturated heterocycles. The molecule has 0 unspecified atom stereocenters. The molecule has 1 aromatic rings. The van der Waals surface area contributed by atoms with Crippen molar-refractivity contribution >= 4 is 28.5 Å². The Labute approximate surface area is 134 Å². The number of carbonyl (C=O) groups excluding carboxylic acids is 1. The highest BCUT2D eigenvalue weighted by Gasteiger charge is 2.50. The molecule has 7 heteroatoms. The van der Waals surface area contributed by atoms with E-state index in [4.69, 9.17) is 4.74 Å². The van der Waals surface area contributed by atoms with Crippen LogP contribution in [0.4, 0.5) is 9.93 Å². The van der Waals surface area contributed by atoms with Crippen LogP contribution in [0.25, 0.3) is 0 Å². The second kappa shape index (κ2) is 6.24. The van der Waals surface area contributed by atoms with Gasteiger partial charge in [0.15, 0.2) is 10.7 Å². The Kier molecular flexibility index (Phi) is 4.75. The lowest BCUT2D eigenvalue weighted by molar-refractivity contribution is -0.144. The molecule has 1 aliphatic carbocycles. The van der Waals surface area contributed by atoms with Crippen LogP contribution in [0.1, 0.15) is 52.9 Å². The Morgan fingerprint density at radius 3 is 2.41 bits per heavy atom. The number of hydrogen-bond donors (Lipinski definition) is 1. The molecule has 1 aromatic heterocycles. The zero-order valence-corrected chi connectivity index (χ0v) is 14.0. The smallest absolute Gasteiger partial charge is 0.417 e. The zero-order chi connectivity index (χ0) is 16.4. The Morgan fingerprint density at radius 1 is 1.32 bits per heavy atom. The van der Waals surface area contributed by atoms with Crippen molar-refractivity contribution < 1.29 is 19.4 Å². The molecule has 0 aliphatic heterocycles. The van der Waals surface area contributed by atoms with Crippen molar-refractivity contribution in [2.24, 2.45) is 0 Å². The third-order valence-corrected chi connectivity index (χ3v) is 4.45. The monoisotopic (exact) mass is 326 g/mol. The summed E-state index contributed by atoms with van der Waals surface area (Å²) in [5.74, 6) is -0.992. The molecule has 22 heavy (non-hydrogen) atoms. The average molecular weight is 326 g/mol. The van der Waals surface area contributed by atoms with Gasteiger partial charge in [-0.25, -0.2) is 19.5 Å². The molecule has 0 bridgehead atoms. The number of aliphatic carboxylic acids is 1. The topological polar surface area (TPSA) is 79.7 Å². The molecule has 0 atom stereocenters. The Bertz CT molecular complexity index is 530. The van der Waals surface area contributed by atoms with Crippen molar-refractivity contribution in [3.8, 4) is 0 Å². The number of aromatic nitrogens is 1. The van der Waals surface area contributed by atoms with Crippen LogP contribution in [0.15, 0.2) is 11.6 Å². The molecule has 1 heterocycles. The third kappa shape index (κ3) is 3.40. The van der Waals surface area contributed by atoms with Crippen LogP contribution >= 0.6 is 11.3 Å². The van der Waals surface area contributed by atoms with Gasteiger partial charge in [0, 0.05) is 11.6 Å². The molecule has 122 valence electrons. The van der Waals surface area contributed by atoms with Gasteiger partial charge in [0.25, 0.3) is 0 Å². The van der Waals surface area contributed by atoms with E-state index >= 15 is 0 Å². The standard InChI is InChI=1S/C15H22N2O4S/c1-14(2,3)21-13(20)17(12-16-9-10-22-12)15(11(18)19)7-5-4-6-8-15/h9-10H,4-8H2,1-3H3,(H,18,19). The maximum atomic E-state index is 12.7. The molecular formula is C15H22N2O4S. The number of hydrogen-bond acceptors (Lipinski definition) is 5. The first kappa shape index (κ1) is 16.7. The fourth-order valence-corrected chi connectivity index (χ4v) is 3.46. The number of rotatable bonds is 3. The van der Waals surface area contributed by atoms with Crippen LogP contribution in [0.3, 0.4) is 0 Å². The minimum absolute atomic E-state index is 0.374. The van der Waals surface area contributed by atoms with Gasteiger partial charge in [-0.05, 0) is 33.6 Å². The van der Waals surface area contributed by atoms with E-state index in [0.717, 1.165) is 19.3 Å². The van der Waals surface area contributed by atoms with Gasteiger partial charge in [-0.3, -0.25) is 0 Å². The van der Waals surface area contributed by atoms with Crippen LogP contribution in [-0.4, -0.2) is 33.3 Å². The molecule has 1 N–H and O–H groups in total. The number of carboxylic acid groups (broad SMARTS) is 1. The van der Waals surface area contributed by atoms with E-state index in [1.807, 2.05) is 0 Å². The molecule has 0 aromatic carbocycles. The lowest BCUT2D eigenvalue weighted by Crippen LogP contribution is -2.59. The van der Waals surface area contributed by atoms with Crippen LogP contribution in [-0.2, 0) is 9.53 Å². The predicted octanol–water partition coefficient (Wildman–Crippen LogP) is 3.67. The quantitative estimate of drug-likeness (QED) is 0.916. The Hall–Kier alpha value is -1.63. The van der Waals surface area contributed by atoms with Gasteiger partial charge in [0.05, 0.1) is 0 Å². The minimum Gasteiger partial charge on any atom is -0.479 e. The van der Waals surface area contributed by atoms with Crippen molar-refractivity contribution in [3.05, 3.63) is 11.6 Å². The van der Waals surface area contributed by atoms with Gasteiger partial charge < -0.3 is 9.84 Å². The molecular weight excluding hydrogens is 304 g/mol. The SMILES string of the molecule is CC(C)(C)OC(=O)N(c1nccs1)C1(C(=O)O)CCCCC1. The van der Waals surface area contributed by atoms with E-state index in [1.165, 1.54) is 16.2 Å². The summed E-state index contributed by atoms with van der Waals surface area (Å²) in [6.45, 7) is 5.29. The number of amides is 1. The van der Waals surface area contributed by atoms with Crippen molar-refractivity contribution in [2.45, 2.75) is 64.0 Å². The first-order valence-corrected chi connectivity index (χ1v) is 8.30. The van der Waals surface area contributed by atoms with Gasteiger partial charge in [-0.15, -0.1) is 11.3 Å². The molecule has 1 amide bonds. The van der Waals surface area contributed by atoms with Gasteiger partial charge in [0.2, 0.25) is 0 Å². The average Bonchev–Trinajstić information content (AvgIpc) is 2.91. The number of anilines is 1. The lowest BCUT2D eigenvalue weighted by atomic mass is 9.80. The highest BCUT2D eigenvalue weighted by atomic mass is 32.1. The maximum absolute atomic E-state index is 12.7. The fraction of sp³-hybridized carbons (Fsp3) is 0.667. The predicted molar refractivity (Wildman–Crippen MR) is 84.3 cm³/mol. The molecule has 0 radical (unpaired) electrons. The van der Waals surface area contributed by atoms with E-state index in [1.54, 1.807) is 32.3 Å². The molecule has 1 saturated carbocycles. The van der Waals surface area contributed by atoms with Crippen molar-refractivity contribution in [3.63, 3.8) is 0 Å². The van der Waals surface area contributed by atoms with Crippen molar-refractivity contribution in [1.82, 2.24) is 4.98 Å². The number of thiazole rings is 1. The summed E-state index contributed by atoms with van der Waals surface area (Å²) < 4.78 is 5.44. The first-order valence-electron chi connectivity index (χ1n) is 7.42. The zero-order valence-electron chi connectivity index (χ0n) is 13.2. The van der Waals surface area contributed by atoms with Gasteiger partial charge in [0.1, 0.15) is 5.60 Å². The van der Waals surface area contributed by atoms with E-state index < -0.39 is 23.2 Å². The van der Waals surface area contributed by atoms with Crippen molar-refractivity contribution in [2.75, 3.05) is 4.90 Å². The van der Waals surface area contributed by atoms with E-state index in [9.17, 15) is 14.7 Å². The van der Waals surface area contributed by atoms with Crippen molar-refractivity contribution in [1.29, 1.82) is 0 Å². The minimum atomic E-state index is -1.27. The Morgan fingerprint density at radius 2 is 1.95 bits per heavy atom. The van der Waals surface area contributed by atoms with Gasteiger partial charge >= 0.3 is 12.1 Å². The number of carbonyl (C=O) groups is 2. The van der Waals surface area contributed by atoms with Crippen LogP contribution in [0, 0.1) is 0 Å². The second-order valence-electron chi connectivity index (χ2n) is 6.53. The molecule has 1 fully saturated rings. The Balaban J connectivity index is 2.43. The maximum Gasteiger partial charge on any atom is 0.417 e. The molecule has 2 rings (SSSR count). The summed E-state index contributed by atoms with van der Waals surface area (Å²) in [5.41, 5.74) is -1.96. The highest BCUT2D eigenvalue weighted by Crippen LogP contribution is 2.39. The summed E-state index contributed by atoms with van der Waals surface area (Å²) in [4.78, 5) is 30.1. The van der Waals surface area contributed by atoms with E-state index in [2.05, 4.69) is 4.98 Å². The largest absolute Gasteiger partial charge is 0.479 e. The second-order valence-corrected chi connectivity index (χ2v) is 7.40. The number of nitrogens with zero attached hydrogens (tertiary/aromatic N) is 2. The molecule has 1 aliphatic rings. The van der Waals surface area contributed by atoms with Crippen LogP contribution < -0.4 is 4.90 Å². The van der Waals surface area contributed by atoms with Gasteiger partial charge in [-0.1, -0.05) is 19.3 Å². The first-order chi connectivity index (χ1) is 10.3. The highest BCUT2D eigenvalue weighted by molar-refractivity contribution is 7.13. The van der Waals surface area contributed by atoms with Gasteiger partial charge in [-0.2, -0.15) is 0 Å². The van der Waals surface area contributed by atoms with E-state index in [-0.39, 0.29) is 0 Å².